The van der Waals surface area contributed by atoms with Gasteiger partial charge in [0.15, 0.2) is 0 Å². The number of piperazine rings is 1. The van der Waals surface area contributed by atoms with Crippen LogP contribution in [-0.4, -0.2) is 25.7 Å². The van der Waals surface area contributed by atoms with E-state index in [0.717, 1.165) is 26.1 Å². The molecule has 1 unspecified atom stereocenters. The van der Waals surface area contributed by atoms with E-state index in [1.807, 2.05) is 0 Å². The Balaban J connectivity index is 2.16. The van der Waals surface area contributed by atoms with Crippen molar-refractivity contribution in [3.8, 4) is 0 Å². The average molecular weight is 243 g/mol. The third-order valence-electron chi connectivity index (χ3n) is 3.00. The SMILES string of the molecule is CCC1CN(c2ccc(Cl)cc2F)CCN1. The van der Waals surface area contributed by atoms with Gasteiger partial charge in [-0.1, -0.05) is 18.5 Å². The predicted octanol–water partition coefficient (Wildman–Crippen LogP) is 2.67. The molecule has 0 amide bonds. The molecule has 4 heteroatoms. The lowest BCUT2D eigenvalue weighted by Gasteiger charge is -2.35. The first-order valence-electron chi connectivity index (χ1n) is 5.64. The van der Waals surface area contributed by atoms with E-state index in [-0.39, 0.29) is 5.82 Å². The lowest BCUT2D eigenvalue weighted by Crippen LogP contribution is -2.50. The highest BCUT2D eigenvalue weighted by Gasteiger charge is 2.20. The third-order valence-corrected chi connectivity index (χ3v) is 3.23. The van der Waals surface area contributed by atoms with Gasteiger partial charge in [-0.2, -0.15) is 0 Å². The van der Waals surface area contributed by atoms with E-state index in [0.29, 0.717) is 16.8 Å². The van der Waals surface area contributed by atoms with Crippen molar-refractivity contribution in [1.29, 1.82) is 0 Å². The molecule has 0 aromatic heterocycles. The van der Waals surface area contributed by atoms with Gasteiger partial charge in [-0.15, -0.1) is 0 Å². The molecule has 0 bridgehead atoms. The van der Waals surface area contributed by atoms with Gasteiger partial charge in [-0.05, 0) is 24.6 Å². The molecule has 1 aromatic carbocycles. The van der Waals surface area contributed by atoms with Crippen LogP contribution in [0.4, 0.5) is 10.1 Å². The van der Waals surface area contributed by atoms with E-state index in [1.54, 1.807) is 12.1 Å². The Morgan fingerprint density at radius 1 is 1.56 bits per heavy atom. The van der Waals surface area contributed by atoms with Crippen LogP contribution in [0.1, 0.15) is 13.3 Å². The second-order valence-electron chi connectivity index (χ2n) is 4.10. The van der Waals surface area contributed by atoms with Crippen molar-refractivity contribution >= 4 is 17.3 Å². The number of rotatable bonds is 2. The predicted molar refractivity (Wildman–Crippen MR) is 65.7 cm³/mol. The van der Waals surface area contributed by atoms with E-state index in [2.05, 4.69) is 17.1 Å². The molecule has 88 valence electrons. The number of nitrogens with zero attached hydrogens (tertiary/aromatic N) is 1. The van der Waals surface area contributed by atoms with Crippen LogP contribution < -0.4 is 10.2 Å². The number of halogens is 2. The summed E-state index contributed by atoms with van der Waals surface area (Å²) in [5, 5.41) is 3.86. The molecule has 2 rings (SSSR count). The summed E-state index contributed by atoms with van der Waals surface area (Å²) < 4.78 is 13.7. The van der Waals surface area contributed by atoms with Gasteiger partial charge in [0.2, 0.25) is 0 Å². The Bertz CT molecular complexity index is 370. The maximum Gasteiger partial charge on any atom is 0.147 e. The number of nitrogens with one attached hydrogen (secondary N) is 1. The van der Waals surface area contributed by atoms with Gasteiger partial charge < -0.3 is 10.2 Å². The van der Waals surface area contributed by atoms with Crippen LogP contribution in [0.15, 0.2) is 18.2 Å². The minimum Gasteiger partial charge on any atom is -0.366 e. The molecule has 1 heterocycles. The summed E-state index contributed by atoms with van der Waals surface area (Å²) in [6.07, 6.45) is 1.06. The first-order valence-corrected chi connectivity index (χ1v) is 6.02. The monoisotopic (exact) mass is 242 g/mol. The molecule has 1 aliphatic heterocycles. The molecule has 0 aliphatic carbocycles. The van der Waals surface area contributed by atoms with Crippen LogP contribution in [0.3, 0.4) is 0 Å². The van der Waals surface area contributed by atoms with Crippen LogP contribution in [0, 0.1) is 5.82 Å². The van der Waals surface area contributed by atoms with Gasteiger partial charge in [0.05, 0.1) is 5.69 Å². The average Bonchev–Trinajstić information content (AvgIpc) is 2.29. The summed E-state index contributed by atoms with van der Waals surface area (Å²) in [5.74, 6) is -0.232. The van der Waals surface area contributed by atoms with Gasteiger partial charge in [0.1, 0.15) is 5.82 Å². The highest BCUT2D eigenvalue weighted by molar-refractivity contribution is 6.30. The summed E-state index contributed by atoms with van der Waals surface area (Å²) in [4.78, 5) is 2.08. The number of hydrogen-bond donors (Lipinski definition) is 1. The quantitative estimate of drug-likeness (QED) is 0.858. The van der Waals surface area contributed by atoms with E-state index in [4.69, 9.17) is 11.6 Å². The normalized spacial score (nSPS) is 21.2. The van der Waals surface area contributed by atoms with E-state index in [9.17, 15) is 4.39 Å². The van der Waals surface area contributed by atoms with Crippen molar-refractivity contribution in [2.24, 2.45) is 0 Å². The molecule has 1 aromatic rings. The Morgan fingerprint density at radius 3 is 3.06 bits per heavy atom. The van der Waals surface area contributed by atoms with Crippen LogP contribution in [0.5, 0.6) is 0 Å². The Morgan fingerprint density at radius 2 is 2.38 bits per heavy atom. The number of benzene rings is 1. The molecule has 1 atom stereocenters. The lowest BCUT2D eigenvalue weighted by atomic mass is 10.1. The summed E-state index contributed by atoms with van der Waals surface area (Å²) in [5.41, 5.74) is 0.657. The lowest BCUT2D eigenvalue weighted by molar-refractivity contribution is 0.443. The Kier molecular flexibility index (Phi) is 3.66. The first kappa shape index (κ1) is 11.7. The number of hydrogen-bond acceptors (Lipinski definition) is 2. The molecule has 1 aliphatic rings. The van der Waals surface area contributed by atoms with Gasteiger partial charge >= 0.3 is 0 Å². The second kappa shape index (κ2) is 5.02. The van der Waals surface area contributed by atoms with Gasteiger partial charge in [-0.25, -0.2) is 4.39 Å². The van der Waals surface area contributed by atoms with Crippen LogP contribution in [0.25, 0.3) is 0 Å². The fourth-order valence-electron chi connectivity index (χ4n) is 2.06. The van der Waals surface area contributed by atoms with Crippen molar-refractivity contribution in [2.45, 2.75) is 19.4 Å². The molecule has 0 radical (unpaired) electrons. The molecule has 16 heavy (non-hydrogen) atoms. The topological polar surface area (TPSA) is 15.3 Å². The zero-order chi connectivity index (χ0) is 11.5. The maximum atomic E-state index is 13.7. The van der Waals surface area contributed by atoms with Crippen molar-refractivity contribution in [1.82, 2.24) is 5.32 Å². The fraction of sp³-hybridized carbons (Fsp3) is 0.500. The largest absolute Gasteiger partial charge is 0.366 e. The van der Waals surface area contributed by atoms with Crippen LogP contribution in [0.2, 0.25) is 5.02 Å². The summed E-state index contributed by atoms with van der Waals surface area (Å²) in [7, 11) is 0. The molecule has 0 saturated carbocycles. The Labute approximate surface area is 100 Å². The molecular weight excluding hydrogens is 227 g/mol. The van der Waals surface area contributed by atoms with Crippen LogP contribution in [-0.2, 0) is 0 Å². The molecule has 0 spiro atoms. The van der Waals surface area contributed by atoms with Crippen molar-refractivity contribution in [3.63, 3.8) is 0 Å². The highest BCUT2D eigenvalue weighted by Crippen LogP contribution is 2.23. The van der Waals surface area contributed by atoms with E-state index < -0.39 is 0 Å². The highest BCUT2D eigenvalue weighted by atomic mass is 35.5. The fourth-order valence-corrected chi connectivity index (χ4v) is 2.21. The van der Waals surface area contributed by atoms with Crippen LogP contribution >= 0.6 is 11.6 Å². The van der Waals surface area contributed by atoms with Crippen molar-refractivity contribution in [2.75, 3.05) is 24.5 Å². The smallest absolute Gasteiger partial charge is 0.147 e. The summed E-state index contributed by atoms with van der Waals surface area (Å²) >= 11 is 5.74. The summed E-state index contributed by atoms with van der Waals surface area (Å²) in [6, 6.07) is 5.32. The zero-order valence-electron chi connectivity index (χ0n) is 9.34. The van der Waals surface area contributed by atoms with Gasteiger partial charge in [0.25, 0.3) is 0 Å². The molecule has 1 N–H and O–H groups in total. The Hall–Kier alpha value is -0.800. The molecule has 2 nitrogen and oxygen atoms in total. The van der Waals surface area contributed by atoms with Gasteiger partial charge in [0, 0.05) is 30.7 Å². The second-order valence-corrected chi connectivity index (χ2v) is 4.54. The molecule has 1 fully saturated rings. The zero-order valence-corrected chi connectivity index (χ0v) is 10.1. The number of anilines is 1. The summed E-state index contributed by atoms with van der Waals surface area (Å²) in [6.45, 7) is 4.74. The maximum absolute atomic E-state index is 13.7. The molecular formula is C12H16ClFN2. The van der Waals surface area contributed by atoms with Crippen molar-refractivity contribution in [3.05, 3.63) is 29.0 Å². The first-order chi connectivity index (χ1) is 7.70. The third kappa shape index (κ3) is 2.47. The standard InChI is InChI=1S/C12H16ClFN2/c1-2-10-8-16(6-5-15-10)12-4-3-9(13)7-11(12)14/h3-4,7,10,15H,2,5-6,8H2,1H3. The van der Waals surface area contributed by atoms with E-state index >= 15 is 0 Å². The minimum absolute atomic E-state index is 0.232. The molecule has 1 saturated heterocycles. The van der Waals surface area contributed by atoms with Crippen molar-refractivity contribution < 1.29 is 4.39 Å². The minimum atomic E-state index is -0.232. The van der Waals surface area contributed by atoms with E-state index in [1.165, 1.54) is 6.07 Å². The van der Waals surface area contributed by atoms with Gasteiger partial charge in [-0.3, -0.25) is 0 Å².